The zero-order valence-electron chi connectivity index (χ0n) is 10.7. The van der Waals surface area contributed by atoms with Gasteiger partial charge in [0.1, 0.15) is 0 Å². The van der Waals surface area contributed by atoms with Gasteiger partial charge in [-0.2, -0.15) is 0 Å². The second-order valence-corrected chi connectivity index (χ2v) is 6.02. The normalized spacial score (nSPS) is 15.9. The van der Waals surface area contributed by atoms with Gasteiger partial charge >= 0.3 is 0 Å². The van der Waals surface area contributed by atoms with E-state index in [-0.39, 0.29) is 5.38 Å². The van der Waals surface area contributed by atoms with Crippen molar-refractivity contribution in [3.63, 3.8) is 0 Å². The summed E-state index contributed by atoms with van der Waals surface area (Å²) in [6, 6.07) is 14.5. The van der Waals surface area contributed by atoms with Crippen molar-refractivity contribution < 1.29 is 0 Å². The summed E-state index contributed by atoms with van der Waals surface area (Å²) in [6.07, 6.45) is 5.01. The van der Waals surface area contributed by atoms with E-state index in [1.807, 2.05) is 24.3 Å². The van der Waals surface area contributed by atoms with Crippen LogP contribution in [-0.4, -0.2) is 0 Å². The zero-order chi connectivity index (χ0) is 13.2. The predicted octanol–water partition coefficient (Wildman–Crippen LogP) is 5.55. The Hall–Kier alpha value is -0.980. The van der Waals surface area contributed by atoms with Gasteiger partial charge in [-0.05, 0) is 60.1 Å². The first-order valence-corrected chi connectivity index (χ1v) is 7.57. The number of benzene rings is 2. The molecule has 0 fully saturated rings. The third-order valence-corrected chi connectivity index (χ3v) is 4.58. The van der Waals surface area contributed by atoms with Crippen molar-refractivity contribution in [2.24, 2.45) is 0 Å². The Labute approximate surface area is 124 Å². The number of rotatable bonds is 2. The molecule has 0 aromatic heterocycles. The van der Waals surface area contributed by atoms with E-state index in [0.29, 0.717) is 0 Å². The lowest BCUT2D eigenvalue weighted by atomic mass is 9.89. The molecule has 0 bridgehead atoms. The Bertz CT molecular complexity index is 572. The van der Waals surface area contributed by atoms with Crippen molar-refractivity contribution in [1.82, 2.24) is 0 Å². The van der Waals surface area contributed by atoms with Gasteiger partial charge in [0, 0.05) is 5.02 Å². The zero-order valence-corrected chi connectivity index (χ0v) is 12.2. The first-order chi connectivity index (χ1) is 9.24. The van der Waals surface area contributed by atoms with Gasteiger partial charge in [-0.3, -0.25) is 0 Å². The van der Waals surface area contributed by atoms with E-state index in [2.05, 4.69) is 18.2 Å². The standard InChI is InChI=1S/C17H16Cl2/c18-16-9-7-13(8-10-16)17(19)15-6-5-12-3-1-2-4-14(12)11-15/h5-11,17H,1-4H2. The maximum absolute atomic E-state index is 6.58. The maximum atomic E-state index is 6.58. The molecule has 0 amide bonds. The highest BCUT2D eigenvalue weighted by Gasteiger charge is 2.14. The number of aryl methyl sites for hydroxylation is 2. The lowest BCUT2D eigenvalue weighted by Gasteiger charge is -2.18. The molecule has 3 rings (SSSR count). The molecule has 0 nitrogen and oxygen atoms in total. The fraction of sp³-hybridized carbons (Fsp3) is 0.294. The van der Waals surface area contributed by atoms with Crippen LogP contribution in [0, 0.1) is 0 Å². The van der Waals surface area contributed by atoms with E-state index in [4.69, 9.17) is 23.2 Å². The molecule has 1 unspecified atom stereocenters. The molecule has 0 spiro atoms. The Kier molecular flexibility index (Phi) is 3.81. The van der Waals surface area contributed by atoms with Crippen LogP contribution in [0.2, 0.25) is 5.02 Å². The molecule has 2 heteroatoms. The molecule has 19 heavy (non-hydrogen) atoms. The van der Waals surface area contributed by atoms with Gasteiger partial charge in [-0.25, -0.2) is 0 Å². The van der Waals surface area contributed by atoms with Gasteiger partial charge in [0.05, 0.1) is 5.38 Å². The Balaban J connectivity index is 1.91. The van der Waals surface area contributed by atoms with E-state index in [0.717, 1.165) is 10.6 Å². The highest BCUT2D eigenvalue weighted by Crippen LogP contribution is 2.32. The first-order valence-electron chi connectivity index (χ1n) is 6.75. The first kappa shape index (κ1) is 13.0. The average Bonchev–Trinajstić information content (AvgIpc) is 2.47. The summed E-state index contributed by atoms with van der Waals surface area (Å²) < 4.78 is 0. The minimum Gasteiger partial charge on any atom is -0.113 e. The van der Waals surface area contributed by atoms with Crippen LogP contribution in [0.15, 0.2) is 42.5 Å². The second kappa shape index (κ2) is 5.56. The highest BCUT2D eigenvalue weighted by molar-refractivity contribution is 6.30. The largest absolute Gasteiger partial charge is 0.113 e. The molecule has 0 saturated heterocycles. The molecule has 1 atom stereocenters. The molecule has 2 aromatic carbocycles. The molecule has 98 valence electrons. The van der Waals surface area contributed by atoms with Crippen LogP contribution < -0.4 is 0 Å². The number of hydrogen-bond acceptors (Lipinski definition) is 0. The summed E-state index contributed by atoms with van der Waals surface area (Å²) in [5.41, 5.74) is 5.25. The summed E-state index contributed by atoms with van der Waals surface area (Å²) in [7, 11) is 0. The summed E-state index contributed by atoms with van der Waals surface area (Å²) in [4.78, 5) is 0. The Morgan fingerprint density at radius 2 is 1.42 bits per heavy atom. The molecule has 0 N–H and O–H groups in total. The molecule has 1 aliphatic carbocycles. The van der Waals surface area contributed by atoms with Crippen molar-refractivity contribution in [3.05, 3.63) is 69.7 Å². The topological polar surface area (TPSA) is 0 Å². The SMILES string of the molecule is Clc1ccc(C(Cl)c2ccc3c(c2)CCCC3)cc1. The van der Waals surface area contributed by atoms with Crippen molar-refractivity contribution >= 4 is 23.2 Å². The minimum absolute atomic E-state index is 0.0931. The molecule has 0 radical (unpaired) electrons. The lowest BCUT2D eigenvalue weighted by Crippen LogP contribution is -2.04. The van der Waals surface area contributed by atoms with Crippen LogP contribution >= 0.6 is 23.2 Å². The van der Waals surface area contributed by atoms with Crippen LogP contribution in [0.4, 0.5) is 0 Å². The number of alkyl halides is 1. The van der Waals surface area contributed by atoms with Gasteiger partial charge < -0.3 is 0 Å². The van der Waals surface area contributed by atoms with Crippen molar-refractivity contribution in [1.29, 1.82) is 0 Å². The van der Waals surface area contributed by atoms with Crippen LogP contribution in [-0.2, 0) is 12.8 Å². The molecule has 0 aliphatic heterocycles. The van der Waals surface area contributed by atoms with Gasteiger partial charge in [-0.15, -0.1) is 11.6 Å². The number of hydrogen-bond donors (Lipinski definition) is 0. The van der Waals surface area contributed by atoms with Crippen molar-refractivity contribution in [3.8, 4) is 0 Å². The Morgan fingerprint density at radius 1 is 0.789 bits per heavy atom. The maximum Gasteiger partial charge on any atom is 0.0835 e. The quantitative estimate of drug-likeness (QED) is 0.637. The van der Waals surface area contributed by atoms with Crippen molar-refractivity contribution in [2.75, 3.05) is 0 Å². The van der Waals surface area contributed by atoms with Crippen molar-refractivity contribution in [2.45, 2.75) is 31.1 Å². The van der Waals surface area contributed by atoms with E-state index in [1.165, 1.54) is 42.4 Å². The summed E-state index contributed by atoms with van der Waals surface area (Å²) in [5.74, 6) is 0. The Morgan fingerprint density at radius 3 is 2.16 bits per heavy atom. The third-order valence-electron chi connectivity index (χ3n) is 3.83. The molecular formula is C17H16Cl2. The monoisotopic (exact) mass is 290 g/mol. The second-order valence-electron chi connectivity index (χ2n) is 5.15. The van der Waals surface area contributed by atoms with Gasteiger partial charge in [0.25, 0.3) is 0 Å². The van der Waals surface area contributed by atoms with Gasteiger partial charge in [-0.1, -0.05) is 41.9 Å². The number of fused-ring (bicyclic) bond motifs is 1. The van der Waals surface area contributed by atoms with E-state index in [9.17, 15) is 0 Å². The van der Waals surface area contributed by atoms with E-state index in [1.54, 1.807) is 0 Å². The van der Waals surface area contributed by atoms with E-state index >= 15 is 0 Å². The minimum atomic E-state index is -0.0931. The third kappa shape index (κ3) is 2.80. The molecule has 0 heterocycles. The van der Waals surface area contributed by atoms with Gasteiger partial charge in [0.15, 0.2) is 0 Å². The fourth-order valence-electron chi connectivity index (χ4n) is 2.74. The van der Waals surface area contributed by atoms with E-state index < -0.39 is 0 Å². The summed E-state index contributed by atoms with van der Waals surface area (Å²) >= 11 is 12.5. The fourth-order valence-corrected chi connectivity index (χ4v) is 3.14. The molecule has 2 aromatic rings. The smallest absolute Gasteiger partial charge is 0.0835 e. The van der Waals surface area contributed by atoms with Crippen LogP contribution in [0.25, 0.3) is 0 Å². The van der Waals surface area contributed by atoms with Crippen LogP contribution in [0.1, 0.15) is 40.5 Å². The lowest BCUT2D eigenvalue weighted by molar-refractivity contribution is 0.684. The molecular weight excluding hydrogens is 275 g/mol. The molecule has 1 aliphatic rings. The van der Waals surface area contributed by atoms with Crippen LogP contribution in [0.5, 0.6) is 0 Å². The summed E-state index contributed by atoms with van der Waals surface area (Å²) in [6.45, 7) is 0. The number of halogens is 2. The average molecular weight is 291 g/mol. The van der Waals surface area contributed by atoms with Crippen LogP contribution in [0.3, 0.4) is 0 Å². The highest BCUT2D eigenvalue weighted by atomic mass is 35.5. The summed E-state index contributed by atoms with van der Waals surface area (Å²) in [5, 5.41) is 0.655. The predicted molar refractivity (Wildman–Crippen MR) is 82.2 cm³/mol. The van der Waals surface area contributed by atoms with Gasteiger partial charge in [0.2, 0.25) is 0 Å². The molecule has 0 saturated carbocycles.